The number of carbonyl (C=O) groups is 1. The van der Waals surface area contributed by atoms with Crippen LogP contribution >= 0.6 is 0 Å². The van der Waals surface area contributed by atoms with E-state index in [4.69, 9.17) is 5.84 Å². The van der Waals surface area contributed by atoms with Crippen LogP contribution in [0.5, 0.6) is 5.75 Å². The van der Waals surface area contributed by atoms with Crippen molar-refractivity contribution in [3.63, 3.8) is 0 Å². The third kappa shape index (κ3) is 5.25. The van der Waals surface area contributed by atoms with E-state index in [1.165, 1.54) is 24.3 Å². The van der Waals surface area contributed by atoms with Gasteiger partial charge < -0.3 is 5.11 Å². The van der Waals surface area contributed by atoms with Gasteiger partial charge in [0.15, 0.2) is 0 Å². The van der Waals surface area contributed by atoms with Crippen LogP contribution in [0.4, 0.5) is 0 Å². The highest BCUT2D eigenvalue weighted by atomic mass is 32.2. The van der Waals surface area contributed by atoms with E-state index in [0.717, 1.165) is 4.31 Å². The van der Waals surface area contributed by atoms with Gasteiger partial charge in [0, 0.05) is 18.9 Å². The average molecular weight is 392 g/mol. The molecule has 1 amide bonds. The van der Waals surface area contributed by atoms with Crippen LogP contribution in [0.25, 0.3) is 0 Å². The van der Waals surface area contributed by atoms with E-state index in [2.05, 4.69) is 10.4 Å². The van der Waals surface area contributed by atoms with Gasteiger partial charge in [-0.25, -0.2) is 14.3 Å². The largest absolute Gasteiger partial charge is 0.508 e. The van der Waals surface area contributed by atoms with E-state index in [1.54, 1.807) is 24.5 Å². The predicted molar refractivity (Wildman–Crippen MR) is 101 cm³/mol. The lowest BCUT2D eigenvalue weighted by Crippen LogP contribution is -2.51. The van der Waals surface area contributed by atoms with Crippen molar-refractivity contribution in [1.82, 2.24) is 14.7 Å². The van der Waals surface area contributed by atoms with Crippen LogP contribution in [0, 0.1) is 5.92 Å². The number of amides is 1. The Labute approximate surface area is 159 Å². The van der Waals surface area contributed by atoms with E-state index in [0.29, 0.717) is 12.0 Å². The maximum Gasteiger partial charge on any atom is 0.252 e. The van der Waals surface area contributed by atoms with Crippen molar-refractivity contribution >= 4 is 15.9 Å². The Morgan fingerprint density at radius 3 is 2.44 bits per heavy atom. The normalized spacial score (nSPS) is 12.9. The van der Waals surface area contributed by atoms with Crippen molar-refractivity contribution in [1.29, 1.82) is 0 Å². The Bertz CT molecular complexity index is 855. The summed E-state index contributed by atoms with van der Waals surface area (Å²) in [6.45, 7) is 3.75. The summed E-state index contributed by atoms with van der Waals surface area (Å²) in [4.78, 5) is 16.4. The summed E-state index contributed by atoms with van der Waals surface area (Å²) in [5.74, 6) is 4.73. The third-order valence-corrected chi connectivity index (χ3v) is 5.86. The van der Waals surface area contributed by atoms with Gasteiger partial charge in [-0.15, -0.1) is 0 Å². The molecule has 1 heterocycles. The second kappa shape index (κ2) is 8.94. The molecule has 8 nitrogen and oxygen atoms in total. The number of nitrogens with two attached hydrogens (primary N) is 1. The molecule has 0 unspecified atom stereocenters. The fourth-order valence-corrected chi connectivity index (χ4v) is 4.27. The number of hydrogen-bond donors (Lipinski definition) is 3. The Morgan fingerprint density at radius 2 is 1.93 bits per heavy atom. The Morgan fingerprint density at radius 1 is 1.26 bits per heavy atom. The molecular formula is C18H24N4O4S. The fourth-order valence-electron chi connectivity index (χ4n) is 2.69. The molecular weight excluding hydrogens is 368 g/mol. The number of pyridine rings is 1. The average Bonchev–Trinajstić information content (AvgIpc) is 2.64. The van der Waals surface area contributed by atoms with E-state index in [1.807, 2.05) is 13.8 Å². The predicted octanol–water partition coefficient (Wildman–Crippen LogP) is 1.38. The molecule has 0 bridgehead atoms. The number of benzene rings is 1. The first-order valence-electron chi connectivity index (χ1n) is 8.46. The first kappa shape index (κ1) is 20.8. The topological polar surface area (TPSA) is 126 Å². The number of aromatic nitrogens is 1. The Hall–Kier alpha value is -2.49. The molecule has 1 aromatic heterocycles. The van der Waals surface area contributed by atoms with Gasteiger partial charge in [-0.3, -0.25) is 15.2 Å². The standard InChI is InChI=1S/C18H24N4O4S/c1-13(2)10-17(18(24)21-19)22(12-14-4-3-9-20-11-14)27(25,26)16-7-5-15(23)6-8-16/h3-9,11,13,17,23H,10,12,19H2,1-2H3,(H,21,24)/t17-/m1/s1. The number of nitrogens with one attached hydrogen (secondary N) is 1. The van der Waals surface area contributed by atoms with Gasteiger partial charge in [0.25, 0.3) is 5.91 Å². The zero-order chi connectivity index (χ0) is 20.0. The fraction of sp³-hybridized carbons (Fsp3) is 0.333. The molecule has 0 saturated heterocycles. The van der Waals surface area contributed by atoms with Crippen molar-refractivity contribution in [2.45, 2.75) is 37.8 Å². The summed E-state index contributed by atoms with van der Waals surface area (Å²) in [6.07, 6.45) is 3.42. The molecule has 2 aromatic rings. The number of phenols is 1. The van der Waals surface area contributed by atoms with Gasteiger partial charge in [-0.2, -0.15) is 4.31 Å². The number of rotatable bonds is 8. The summed E-state index contributed by atoms with van der Waals surface area (Å²) in [5.41, 5.74) is 2.71. The lowest BCUT2D eigenvalue weighted by atomic mass is 10.0. The van der Waals surface area contributed by atoms with Gasteiger partial charge in [0.05, 0.1) is 4.90 Å². The van der Waals surface area contributed by atoms with Gasteiger partial charge in [0.2, 0.25) is 10.0 Å². The molecule has 0 saturated carbocycles. The smallest absolute Gasteiger partial charge is 0.252 e. The van der Waals surface area contributed by atoms with Gasteiger partial charge in [0.1, 0.15) is 11.8 Å². The van der Waals surface area contributed by atoms with E-state index in [9.17, 15) is 18.3 Å². The summed E-state index contributed by atoms with van der Waals surface area (Å²) < 4.78 is 27.7. The molecule has 27 heavy (non-hydrogen) atoms. The van der Waals surface area contributed by atoms with Crippen molar-refractivity contribution in [3.05, 3.63) is 54.4 Å². The highest BCUT2D eigenvalue weighted by molar-refractivity contribution is 7.89. The summed E-state index contributed by atoms with van der Waals surface area (Å²) >= 11 is 0. The Balaban J connectivity index is 2.53. The summed E-state index contributed by atoms with van der Waals surface area (Å²) in [5, 5.41) is 9.45. The minimum atomic E-state index is -4.04. The Kier molecular flexibility index (Phi) is 6.89. The summed E-state index contributed by atoms with van der Waals surface area (Å²) in [7, 11) is -4.04. The molecule has 4 N–H and O–H groups in total. The third-order valence-electron chi connectivity index (χ3n) is 3.99. The van der Waals surface area contributed by atoms with Crippen LogP contribution in [0.3, 0.4) is 0 Å². The van der Waals surface area contributed by atoms with Crippen LogP contribution in [0.1, 0.15) is 25.8 Å². The number of carbonyl (C=O) groups excluding carboxylic acids is 1. The van der Waals surface area contributed by atoms with Crippen LogP contribution < -0.4 is 11.3 Å². The monoisotopic (exact) mass is 392 g/mol. The molecule has 0 aliphatic heterocycles. The second-order valence-electron chi connectivity index (χ2n) is 6.56. The van der Waals surface area contributed by atoms with Crippen molar-refractivity contribution in [2.24, 2.45) is 11.8 Å². The first-order valence-corrected chi connectivity index (χ1v) is 9.90. The number of hydrazine groups is 1. The number of aromatic hydroxyl groups is 1. The van der Waals surface area contributed by atoms with Gasteiger partial charge >= 0.3 is 0 Å². The second-order valence-corrected chi connectivity index (χ2v) is 8.45. The number of hydrogen-bond acceptors (Lipinski definition) is 6. The minimum absolute atomic E-state index is 0.0252. The summed E-state index contributed by atoms with van der Waals surface area (Å²) in [6, 6.07) is 7.61. The van der Waals surface area contributed by atoms with Gasteiger partial charge in [-0.1, -0.05) is 19.9 Å². The van der Waals surface area contributed by atoms with Crippen LogP contribution in [-0.2, 0) is 21.4 Å². The zero-order valence-electron chi connectivity index (χ0n) is 15.2. The highest BCUT2D eigenvalue weighted by Gasteiger charge is 2.36. The quantitative estimate of drug-likeness (QED) is 0.354. The maximum absolute atomic E-state index is 13.3. The molecule has 1 aromatic carbocycles. The molecule has 2 rings (SSSR count). The molecule has 0 radical (unpaired) electrons. The van der Waals surface area contributed by atoms with Crippen molar-refractivity contribution in [2.75, 3.05) is 0 Å². The molecule has 9 heteroatoms. The minimum Gasteiger partial charge on any atom is -0.508 e. The lowest BCUT2D eigenvalue weighted by Gasteiger charge is -2.30. The van der Waals surface area contributed by atoms with Crippen LogP contribution in [-0.4, -0.2) is 34.8 Å². The maximum atomic E-state index is 13.3. The van der Waals surface area contributed by atoms with Crippen molar-refractivity contribution < 1.29 is 18.3 Å². The highest BCUT2D eigenvalue weighted by Crippen LogP contribution is 2.25. The van der Waals surface area contributed by atoms with E-state index < -0.39 is 22.0 Å². The molecule has 146 valence electrons. The van der Waals surface area contributed by atoms with E-state index >= 15 is 0 Å². The first-order chi connectivity index (χ1) is 12.8. The van der Waals surface area contributed by atoms with Crippen molar-refractivity contribution in [3.8, 4) is 5.75 Å². The number of phenolic OH excluding ortho intramolecular Hbond substituents is 1. The van der Waals surface area contributed by atoms with E-state index in [-0.39, 0.29) is 23.1 Å². The zero-order valence-corrected chi connectivity index (χ0v) is 16.1. The molecule has 0 aliphatic rings. The van der Waals surface area contributed by atoms with Gasteiger partial charge in [-0.05, 0) is 48.2 Å². The SMILES string of the molecule is CC(C)C[C@H](C(=O)NN)N(Cc1cccnc1)S(=O)(=O)c1ccc(O)cc1. The number of nitrogens with zero attached hydrogens (tertiary/aromatic N) is 2. The molecule has 0 spiro atoms. The molecule has 0 fully saturated rings. The molecule has 0 aliphatic carbocycles. The molecule has 1 atom stereocenters. The lowest BCUT2D eigenvalue weighted by molar-refractivity contribution is -0.125. The number of sulfonamides is 1. The van der Waals surface area contributed by atoms with Crippen LogP contribution in [0.2, 0.25) is 0 Å². The van der Waals surface area contributed by atoms with Crippen LogP contribution in [0.15, 0.2) is 53.7 Å².